The minimum Gasteiger partial charge on any atom is -0.458 e. The van der Waals surface area contributed by atoms with Crippen LogP contribution in [0, 0.1) is 5.92 Å². The lowest BCUT2D eigenvalue weighted by molar-refractivity contribution is -0.177. The molecule has 2 N–H and O–H groups in total. The normalized spacial score (nSPS) is 22.9. The number of esters is 1. The molecule has 4 nitrogen and oxygen atoms in total. The highest BCUT2D eigenvalue weighted by Gasteiger charge is 2.43. The first-order chi connectivity index (χ1) is 9.41. The Hall–Kier alpha value is -1.84. The molecule has 4 heteroatoms. The van der Waals surface area contributed by atoms with Crippen LogP contribution in [0.3, 0.4) is 0 Å². The Bertz CT molecular complexity index is 489. The molecule has 2 rings (SSSR count). The first-order valence-corrected chi connectivity index (χ1v) is 6.99. The highest BCUT2D eigenvalue weighted by Crippen LogP contribution is 2.35. The molecule has 0 aromatic heterocycles. The van der Waals surface area contributed by atoms with Gasteiger partial charge in [-0.05, 0) is 36.5 Å². The van der Waals surface area contributed by atoms with E-state index in [4.69, 9.17) is 10.5 Å². The Kier molecular flexibility index (Phi) is 4.12. The molecule has 20 heavy (non-hydrogen) atoms. The number of ether oxygens (including phenoxy) is 1. The summed E-state index contributed by atoms with van der Waals surface area (Å²) in [7, 11) is 0. The van der Waals surface area contributed by atoms with Crippen molar-refractivity contribution in [2.45, 2.75) is 45.1 Å². The van der Waals surface area contributed by atoms with Gasteiger partial charge >= 0.3 is 5.97 Å². The standard InChI is InChI=1S/C16H21NO3/c1-11(2)16(10-14(18)9-15(19)20-16)8-7-12-3-5-13(17)6-4-12/h3-6,11H,7-10,17H2,1-2H3. The maximum Gasteiger partial charge on any atom is 0.313 e. The van der Waals surface area contributed by atoms with Crippen LogP contribution < -0.4 is 5.73 Å². The van der Waals surface area contributed by atoms with Crippen molar-refractivity contribution in [3.63, 3.8) is 0 Å². The quantitative estimate of drug-likeness (QED) is 0.521. The number of rotatable bonds is 4. The van der Waals surface area contributed by atoms with Gasteiger partial charge in [0.1, 0.15) is 17.8 Å². The molecule has 1 atom stereocenters. The van der Waals surface area contributed by atoms with Crippen LogP contribution in [0.5, 0.6) is 0 Å². The van der Waals surface area contributed by atoms with E-state index in [0.29, 0.717) is 12.8 Å². The van der Waals surface area contributed by atoms with Crippen molar-refractivity contribution in [2.75, 3.05) is 5.73 Å². The second-order valence-corrected chi connectivity index (χ2v) is 5.83. The topological polar surface area (TPSA) is 69.4 Å². The zero-order valence-electron chi connectivity index (χ0n) is 12.0. The zero-order valence-corrected chi connectivity index (χ0v) is 12.0. The van der Waals surface area contributed by atoms with Crippen LogP contribution >= 0.6 is 0 Å². The molecular weight excluding hydrogens is 254 g/mol. The molecule has 1 unspecified atom stereocenters. The largest absolute Gasteiger partial charge is 0.458 e. The summed E-state index contributed by atoms with van der Waals surface area (Å²) in [6.07, 6.45) is 1.66. The summed E-state index contributed by atoms with van der Waals surface area (Å²) >= 11 is 0. The van der Waals surface area contributed by atoms with Crippen LogP contribution in [0.25, 0.3) is 0 Å². The van der Waals surface area contributed by atoms with Crippen molar-refractivity contribution >= 4 is 17.4 Å². The summed E-state index contributed by atoms with van der Waals surface area (Å²) in [5.74, 6) is -0.302. The monoisotopic (exact) mass is 275 g/mol. The minimum absolute atomic E-state index is 0.0211. The molecule has 0 aliphatic carbocycles. The predicted octanol–water partition coefficient (Wildman–Crippen LogP) is 2.50. The van der Waals surface area contributed by atoms with Gasteiger partial charge in [0.15, 0.2) is 0 Å². The van der Waals surface area contributed by atoms with Crippen LogP contribution in [-0.2, 0) is 20.7 Å². The number of anilines is 1. The molecule has 0 saturated carbocycles. The molecule has 108 valence electrons. The molecule has 0 bridgehead atoms. The molecule has 0 amide bonds. The number of nitrogen functional groups attached to an aromatic ring is 1. The number of hydrogen-bond acceptors (Lipinski definition) is 4. The number of ketones is 1. The van der Waals surface area contributed by atoms with Crippen molar-refractivity contribution in [3.05, 3.63) is 29.8 Å². The fourth-order valence-corrected chi connectivity index (χ4v) is 2.65. The summed E-state index contributed by atoms with van der Waals surface area (Å²) in [6, 6.07) is 7.65. The first kappa shape index (κ1) is 14.6. The highest BCUT2D eigenvalue weighted by atomic mass is 16.6. The SMILES string of the molecule is CC(C)C1(CCc2ccc(N)cc2)CC(=O)CC(=O)O1. The molecule has 0 radical (unpaired) electrons. The van der Waals surface area contributed by atoms with E-state index in [2.05, 4.69) is 0 Å². The van der Waals surface area contributed by atoms with Gasteiger partial charge in [-0.15, -0.1) is 0 Å². The molecule has 1 aromatic carbocycles. The van der Waals surface area contributed by atoms with Gasteiger partial charge < -0.3 is 10.5 Å². The maximum absolute atomic E-state index is 11.7. The fraction of sp³-hybridized carbons (Fsp3) is 0.500. The van der Waals surface area contributed by atoms with E-state index >= 15 is 0 Å². The summed E-state index contributed by atoms with van der Waals surface area (Å²) < 4.78 is 5.57. The number of benzene rings is 1. The van der Waals surface area contributed by atoms with Crippen molar-refractivity contribution in [1.29, 1.82) is 0 Å². The van der Waals surface area contributed by atoms with Crippen LogP contribution in [0.4, 0.5) is 5.69 Å². The third kappa shape index (κ3) is 3.18. The van der Waals surface area contributed by atoms with Gasteiger partial charge in [0, 0.05) is 12.1 Å². The van der Waals surface area contributed by atoms with Crippen LogP contribution in [0.2, 0.25) is 0 Å². The molecule has 1 saturated heterocycles. The van der Waals surface area contributed by atoms with E-state index in [-0.39, 0.29) is 18.1 Å². The number of carbonyl (C=O) groups excluding carboxylic acids is 2. The molecule has 1 aliphatic heterocycles. The van der Waals surface area contributed by atoms with Gasteiger partial charge in [0.05, 0.1) is 0 Å². The predicted molar refractivity (Wildman–Crippen MR) is 77.1 cm³/mol. The van der Waals surface area contributed by atoms with E-state index in [9.17, 15) is 9.59 Å². The van der Waals surface area contributed by atoms with Gasteiger partial charge in [0.2, 0.25) is 0 Å². The van der Waals surface area contributed by atoms with Crippen LogP contribution in [0.1, 0.15) is 38.7 Å². The van der Waals surface area contributed by atoms with Gasteiger partial charge in [0.25, 0.3) is 0 Å². The number of nitrogens with two attached hydrogens (primary N) is 1. The van der Waals surface area contributed by atoms with Gasteiger partial charge in [-0.1, -0.05) is 26.0 Å². The number of Topliss-reactive ketones (excluding diaryl/α,β-unsaturated/α-hetero) is 1. The number of hydrogen-bond donors (Lipinski definition) is 1. The summed E-state index contributed by atoms with van der Waals surface area (Å²) in [5, 5.41) is 0. The average molecular weight is 275 g/mol. The summed E-state index contributed by atoms with van der Waals surface area (Å²) in [4.78, 5) is 23.3. The first-order valence-electron chi connectivity index (χ1n) is 6.99. The van der Waals surface area contributed by atoms with Crippen molar-refractivity contribution in [1.82, 2.24) is 0 Å². The molecule has 0 spiro atoms. The highest BCUT2D eigenvalue weighted by molar-refractivity contribution is 5.98. The minimum atomic E-state index is -0.659. The third-order valence-electron chi connectivity index (χ3n) is 4.02. The Balaban J connectivity index is 2.11. The van der Waals surface area contributed by atoms with E-state index in [1.54, 1.807) is 0 Å². The summed E-state index contributed by atoms with van der Waals surface area (Å²) in [6.45, 7) is 3.99. The Labute approximate surface area is 119 Å². The maximum atomic E-state index is 11.7. The second-order valence-electron chi connectivity index (χ2n) is 5.83. The number of cyclic esters (lactones) is 1. The molecular formula is C16H21NO3. The Morgan fingerprint density at radius 3 is 2.45 bits per heavy atom. The van der Waals surface area contributed by atoms with E-state index in [0.717, 1.165) is 17.7 Å². The Morgan fingerprint density at radius 1 is 1.25 bits per heavy atom. The van der Waals surface area contributed by atoms with Gasteiger partial charge in [-0.3, -0.25) is 9.59 Å². The van der Waals surface area contributed by atoms with Gasteiger partial charge in [-0.2, -0.15) is 0 Å². The van der Waals surface area contributed by atoms with Gasteiger partial charge in [-0.25, -0.2) is 0 Å². The smallest absolute Gasteiger partial charge is 0.313 e. The number of aryl methyl sites for hydroxylation is 1. The lowest BCUT2D eigenvalue weighted by Gasteiger charge is -2.39. The molecule has 1 fully saturated rings. The average Bonchev–Trinajstić information content (AvgIpc) is 2.37. The lowest BCUT2D eigenvalue weighted by atomic mass is 9.78. The van der Waals surface area contributed by atoms with Crippen molar-refractivity contribution < 1.29 is 14.3 Å². The van der Waals surface area contributed by atoms with Crippen molar-refractivity contribution in [2.24, 2.45) is 5.92 Å². The molecule has 1 heterocycles. The fourth-order valence-electron chi connectivity index (χ4n) is 2.65. The Morgan fingerprint density at radius 2 is 1.90 bits per heavy atom. The van der Waals surface area contributed by atoms with Crippen LogP contribution in [0.15, 0.2) is 24.3 Å². The number of carbonyl (C=O) groups is 2. The van der Waals surface area contributed by atoms with E-state index < -0.39 is 11.6 Å². The van der Waals surface area contributed by atoms with Crippen molar-refractivity contribution in [3.8, 4) is 0 Å². The molecule has 1 aromatic rings. The second kappa shape index (κ2) is 5.65. The van der Waals surface area contributed by atoms with E-state index in [1.165, 1.54) is 0 Å². The summed E-state index contributed by atoms with van der Waals surface area (Å²) in [5.41, 5.74) is 6.86. The molecule has 1 aliphatic rings. The third-order valence-corrected chi connectivity index (χ3v) is 4.02. The lowest BCUT2D eigenvalue weighted by Crippen LogP contribution is -2.47. The van der Waals surface area contributed by atoms with Crippen LogP contribution in [-0.4, -0.2) is 17.4 Å². The zero-order chi connectivity index (χ0) is 14.8. The van der Waals surface area contributed by atoms with E-state index in [1.807, 2.05) is 38.1 Å².